The summed E-state index contributed by atoms with van der Waals surface area (Å²) in [5.74, 6) is -10.5. The van der Waals surface area contributed by atoms with E-state index in [-0.39, 0.29) is 44.3 Å². The van der Waals surface area contributed by atoms with Crippen LogP contribution in [0, 0.1) is 0 Å². The van der Waals surface area contributed by atoms with Crippen LogP contribution in [0.1, 0.15) is 41.4 Å². The van der Waals surface area contributed by atoms with Crippen molar-refractivity contribution >= 4 is 112 Å². The number of carbonyl (C=O) groups is 6. The molecule has 0 heterocycles. The minimum absolute atomic E-state index is 0.137. The number of rotatable bonds is 12. The lowest BCUT2D eigenvalue weighted by Crippen LogP contribution is -2.29. The molecule has 0 saturated carbocycles. The van der Waals surface area contributed by atoms with Crippen molar-refractivity contribution in [1.82, 2.24) is 0 Å². The Bertz CT molecular complexity index is 3080. The highest BCUT2D eigenvalue weighted by atomic mass is 32.2. The summed E-state index contributed by atoms with van der Waals surface area (Å²) < 4.78 is 69.4. The Morgan fingerprint density at radius 3 is 1.03 bits per heavy atom. The molecular formula is C38H24N6O18S2. The van der Waals surface area contributed by atoms with E-state index in [1.54, 1.807) is 0 Å². The summed E-state index contributed by atoms with van der Waals surface area (Å²) in [5.41, 5.74) is -4.80. The van der Waals surface area contributed by atoms with Crippen LogP contribution in [-0.4, -0.2) is 92.3 Å². The lowest BCUT2D eigenvalue weighted by atomic mass is 10.1. The van der Waals surface area contributed by atoms with E-state index in [0.29, 0.717) is 0 Å². The zero-order chi connectivity index (χ0) is 47.0. The van der Waals surface area contributed by atoms with Gasteiger partial charge in [-0.3, -0.25) is 18.7 Å². The molecule has 0 fully saturated rings. The molecule has 0 aliphatic heterocycles. The predicted octanol–water partition coefficient (Wildman–Crippen LogP) is 6.10. The maximum absolute atomic E-state index is 13.0. The normalized spacial score (nSPS) is 11.8. The molecule has 6 aromatic carbocycles. The highest BCUT2D eigenvalue weighted by molar-refractivity contribution is 7.86. The van der Waals surface area contributed by atoms with E-state index in [1.165, 1.54) is 0 Å². The van der Waals surface area contributed by atoms with Crippen LogP contribution in [0.3, 0.4) is 0 Å². The van der Waals surface area contributed by atoms with E-state index in [0.717, 1.165) is 84.9 Å². The number of phenols is 2. The molecule has 0 aliphatic carbocycles. The Morgan fingerprint density at radius 1 is 0.438 bits per heavy atom. The molecule has 0 bridgehead atoms. The smallest absolute Gasteiger partial charge is 0.335 e. The number of hydrogen-bond donors (Lipinski definition) is 10. The number of nitrogens with zero attached hydrogens (tertiary/aromatic N) is 4. The lowest BCUT2D eigenvalue weighted by molar-refractivity contribution is -0.132. The third-order valence-corrected chi connectivity index (χ3v) is 10.5. The molecule has 0 unspecified atom stereocenters. The Hall–Kier alpha value is -8.72. The van der Waals surface area contributed by atoms with Crippen LogP contribution in [0.2, 0.25) is 0 Å². The average Bonchev–Trinajstić information content (AvgIpc) is 3.21. The van der Waals surface area contributed by atoms with Gasteiger partial charge in [-0.25, -0.2) is 19.2 Å². The number of benzene rings is 6. The van der Waals surface area contributed by atoms with Crippen molar-refractivity contribution in [1.29, 1.82) is 0 Å². The summed E-state index contributed by atoms with van der Waals surface area (Å²) in [6.07, 6.45) is 0. The second-order valence-electron chi connectivity index (χ2n) is 13.0. The number of azo groups is 2. The number of carboxylic acids is 4. The average molecular weight is 917 g/mol. The SMILES string of the molecule is O=C(Nc1ccc2c(O)c(N=Nc3cc(C(=O)O)cc(C(=O)O)c3)c(S(=O)(=O)O)cc2c1)C(=O)Nc1ccc2c(O)c(N=Nc3cc(C(=O)O)cc(C(=O)O)c3)c(S(=O)(=O)O)cc2c1. The molecule has 0 atom stereocenters. The summed E-state index contributed by atoms with van der Waals surface area (Å²) in [5, 5.41) is 77.7. The number of carboxylic acid groups (broad SMARTS) is 4. The summed E-state index contributed by atoms with van der Waals surface area (Å²) in [6.45, 7) is 0. The first-order valence-electron chi connectivity index (χ1n) is 17.1. The molecule has 24 nitrogen and oxygen atoms in total. The van der Waals surface area contributed by atoms with Gasteiger partial charge >= 0.3 is 35.7 Å². The molecule has 0 saturated heterocycles. The zero-order valence-electron chi connectivity index (χ0n) is 31.3. The first-order chi connectivity index (χ1) is 29.9. The van der Waals surface area contributed by atoms with Gasteiger partial charge in [0.1, 0.15) is 21.2 Å². The summed E-state index contributed by atoms with van der Waals surface area (Å²) in [4.78, 5) is 69.7. The van der Waals surface area contributed by atoms with Gasteiger partial charge in [-0.05, 0) is 95.7 Å². The molecule has 2 amide bonds. The number of anilines is 2. The maximum Gasteiger partial charge on any atom is 0.335 e. The van der Waals surface area contributed by atoms with Crippen molar-refractivity contribution in [2.24, 2.45) is 20.5 Å². The number of amides is 2. The molecule has 0 aromatic heterocycles. The van der Waals surface area contributed by atoms with E-state index in [9.17, 15) is 85.3 Å². The molecule has 0 aliphatic rings. The van der Waals surface area contributed by atoms with Gasteiger partial charge in [0.25, 0.3) is 20.2 Å². The maximum atomic E-state index is 13.0. The Kier molecular flexibility index (Phi) is 11.9. The van der Waals surface area contributed by atoms with Gasteiger partial charge in [-0.15, -0.1) is 10.2 Å². The monoisotopic (exact) mass is 916 g/mol. The zero-order valence-corrected chi connectivity index (χ0v) is 33.0. The largest absolute Gasteiger partial charge is 0.505 e. The van der Waals surface area contributed by atoms with Crippen LogP contribution < -0.4 is 10.6 Å². The van der Waals surface area contributed by atoms with Crippen molar-refractivity contribution in [3.8, 4) is 11.5 Å². The number of fused-ring (bicyclic) bond motifs is 2. The standard InChI is InChI=1S/C38H24N6O18S2/c45-31-25-3-1-21(7-15(25)13-27(63(57,58)59)29(31)43-41-23-9-17(35(49)50)5-18(10-23)36(51)52)39-33(47)34(48)40-22-2-4-26-16(8-22)14-28(64(60,61)62)30(32(26)46)44-42-24-11-19(37(53)54)6-20(12-24)38(55)56/h1-14,45-46H,(H,39,47)(H,40,48)(H,49,50)(H,51,52)(H,53,54)(H,55,56)(H,57,58,59)(H,60,61,62). The van der Waals surface area contributed by atoms with Crippen LogP contribution in [0.5, 0.6) is 11.5 Å². The Labute approximate surface area is 355 Å². The van der Waals surface area contributed by atoms with Gasteiger partial charge in [-0.1, -0.05) is 0 Å². The second kappa shape index (κ2) is 17.0. The fourth-order valence-corrected chi connectivity index (χ4v) is 7.18. The summed E-state index contributed by atoms with van der Waals surface area (Å²) in [6, 6.07) is 13.7. The van der Waals surface area contributed by atoms with Crippen LogP contribution in [0.25, 0.3) is 21.5 Å². The summed E-state index contributed by atoms with van der Waals surface area (Å²) >= 11 is 0. The third-order valence-electron chi connectivity index (χ3n) is 8.73. The van der Waals surface area contributed by atoms with Crippen molar-refractivity contribution in [2.45, 2.75) is 9.79 Å². The Morgan fingerprint density at radius 2 is 0.750 bits per heavy atom. The number of nitrogens with one attached hydrogen (secondary N) is 2. The van der Waals surface area contributed by atoms with E-state index in [4.69, 9.17) is 0 Å². The van der Waals surface area contributed by atoms with Gasteiger partial charge in [0, 0.05) is 22.1 Å². The second-order valence-corrected chi connectivity index (χ2v) is 15.8. The van der Waals surface area contributed by atoms with Crippen molar-refractivity contribution in [3.05, 3.63) is 107 Å². The molecule has 64 heavy (non-hydrogen) atoms. The van der Waals surface area contributed by atoms with E-state index in [2.05, 4.69) is 31.1 Å². The molecule has 6 aromatic rings. The van der Waals surface area contributed by atoms with Crippen LogP contribution in [0.15, 0.2) is 115 Å². The fraction of sp³-hybridized carbons (Fsp3) is 0. The highest BCUT2D eigenvalue weighted by Crippen LogP contribution is 2.44. The molecule has 26 heteroatoms. The van der Waals surface area contributed by atoms with Gasteiger partial charge < -0.3 is 41.3 Å². The minimum atomic E-state index is -5.20. The van der Waals surface area contributed by atoms with E-state index < -0.39 is 111 Å². The number of aromatic hydroxyl groups is 2. The van der Waals surface area contributed by atoms with Crippen LogP contribution in [-0.2, 0) is 29.8 Å². The third kappa shape index (κ3) is 9.58. The van der Waals surface area contributed by atoms with Crippen LogP contribution in [0.4, 0.5) is 34.1 Å². The van der Waals surface area contributed by atoms with E-state index >= 15 is 0 Å². The molecule has 0 spiro atoms. The van der Waals surface area contributed by atoms with Gasteiger partial charge in [0.05, 0.1) is 33.6 Å². The topological polar surface area (TPSA) is 406 Å². The predicted molar refractivity (Wildman–Crippen MR) is 217 cm³/mol. The minimum Gasteiger partial charge on any atom is -0.505 e. The molecule has 0 radical (unpaired) electrons. The van der Waals surface area contributed by atoms with Gasteiger partial charge in [0.15, 0.2) is 11.5 Å². The fourth-order valence-electron chi connectivity index (χ4n) is 5.87. The van der Waals surface area contributed by atoms with Crippen molar-refractivity contribution in [3.63, 3.8) is 0 Å². The number of aromatic carboxylic acids is 4. The lowest BCUT2D eigenvalue weighted by Gasteiger charge is -2.12. The molecular weight excluding hydrogens is 893 g/mol. The summed E-state index contributed by atoms with van der Waals surface area (Å²) in [7, 11) is -10.4. The number of carbonyl (C=O) groups excluding carboxylic acids is 2. The van der Waals surface area contributed by atoms with E-state index in [1.807, 2.05) is 0 Å². The van der Waals surface area contributed by atoms with Gasteiger partial charge in [-0.2, -0.15) is 27.1 Å². The van der Waals surface area contributed by atoms with Gasteiger partial charge in [0.2, 0.25) is 0 Å². The van der Waals surface area contributed by atoms with Crippen molar-refractivity contribution in [2.75, 3.05) is 10.6 Å². The molecule has 326 valence electrons. The molecule has 10 N–H and O–H groups in total. The quantitative estimate of drug-likeness (QED) is 0.0376. The molecule has 6 rings (SSSR count). The van der Waals surface area contributed by atoms with Crippen molar-refractivity contribution < 1.29 is 85.3 Å². The van der Waals surface area contributed by atoms with Crippen LogP contribution >= 0.6 is 0 Å². The Balaban J connectivity index is 1.26. The first-order valence-corrected chi connectivity index (χ1v) is 20.0. The number of phenolic OH excluding ortho intramolecular Hbond substituents is 2. The highest BCUT2D eigenvalue weighted by Gasteiger charge is 2.25. The first kappa shape index (κ1) is 44.8. The number of hydrogen-bond acceptors (Lipinski definition) is 16.